The topological polar surface area (TPSA) is 93.7 Å². The highest BCUT2D eigenvalue weighted by atomic mass is 16.5. The summed E-state index contributed by atoms with van der Waals surface area (Å²) in [5.74, 6) is 2.83. The van der Waals surface area contributed by atoms with Crippen molar-refractivity contribution in [2.45, 2.75) is 19.3 Å². The summed E-state index contributed by atoms with van der Waals surface area (Å²) < 4.78 is 29.6. The quantitative estimate of drug-likeness (QED) is 0.451. The molecule has 0 aliphatic carbocycles. The number of rotatable bonds is 6. The number of nitrogens with zero attached hydrogens (tertiary/aromatic N) is 4. The van der Waals surface area contributed by atoms with Crippen LogP contribution >= 0.6 is 0 Å². The van der Waals surface area contributed by atoms with E-state index in [1.54, 1.807) is 33.7 Å². The summed E-state index contributed by atoms with van der Waals surface area (Å²) in [5, 5.41) is 4.13. The highest BCUT2D eigenvalue weighted by Gasteiger charge is 2.27. The molecule has 0 bridgehead atoms. The molecule has 1 atom stereocenters. The van der Waals surface area contributed by atoms with Crippen LogP contribution in [0.15, 0.2) is 53.3 Å². The molecule has 1 aliphatic rings. The summed E-state index contributed by atoms with van der Waals surface area (Å²) in [4.78, 5) is 9.06. The van der Waals surface area contributed by atoms with Crippen molar-refractivity contribution in [3.05, 3.63) is 60.0 Å². The van der Waals surface area contributed by atoms with Crippen molar-refractivity contribution < 1.29 is 23.5 Å². The van der Waals surface area contributed by atoms with Crippen LogP contribution in [0.25, 0.3) is 23.0 Å². The van der Waals surface area contributed by atoms with Crippen LogP contribution in [0.4, 0.5) is 0 Å². The van der Waals surface area contributed by atoms with E-state index in [2.05, 4.69) is 19.7 Å². The third-order valence-electron chi connectivity index (χ3n) is 5.50. The molecule has 0 amide bonds. The number of hydrogen-bond acceptors (Lipinski definition) is 8. The summed E-state index contributed by atoms with van der Waals surface area (Å²) in [6.45, 7) is 1.03. The fourth-order valence-electron chi connectivity index (χ4n) is 3.74. The molecule has 9 nitrogen and oxygen atoms in total. The van der Waals surface area contributed by atoms with Crippen LogP contribution in [0.2, 0.25) is 0 Å². The Balaban J connectivity index is 1.39. The third kappa shape index (κ3) is 3.56. The second kappa shape index (κ2) is 8.35. The van der Waals surface area contributed by atoms with Gasteiger partial charge in [0.25, 0.3) is 5.89 Å². The van der Waals surface area contributed by atoms with Gasteiger partial charge in [-0.3, -0.25) is 0 Å². The first-order valence-electron chi connectivity index (χ1n) is 10.1. The molecule has 0 saturated carbocycles. The van der Waals surface area contributed by atoms with Gasteiger partial charge in [-0.25, -0.2) is 4.98 Å². The average molecular weight is 434 g/mol. The van der Waals surface area contributed by atoms with E-state index in [0.717, 1.165) is 17.0 Å². The normalized spacial score (nSPS) is 15.3. The molecular formula is C23H22N4O5. The largest absolute Gasteiger partial charge is 0.497 e. The van der Waals surface area contributed by atoms with Crippen LogP contribution in [-0.2, 0) is 17.9 Å². The highest BCUT2D eigenvalue weighted by Crippen LogP contribution is 2.35. The van der Waals surface area contributed by atoms with Crippen molar-refractivity contribution in [1.29, 1.82) is 0 Å². The molecule has 1 aliphatic heterocycles. The molecule has 0 spiro atoms. The van der Waals surface area contributed by atoms with Gasteiger partial charge in [0.1, 0.15) is 23.4 Å². The van der Waals surface area contributed by atoms with Crippen LogP contribution < -0.4 is 14.2 Å². The van der Waals surface area contributed by atoms with E-state index in [0.29, 0.717) is 47.6 Å². The Hall–Kier alpha value is -3.85. The van der Waals surface area contributed by atoms with Gasteiger partial charge in [0, 0.05) is 6.07 Å². The van der Waals surface area contributed by atoms with E-state index in [-0.39, 0.29) is 6.10 Å². The molecule has 2 aromatic heterocycles. The second-order valence-corrected chi connectivity index (χ2v) is 7.25. The number of aromatic nitrogens is 4. The minimum Gasteiger partial charge on any atom is -0.497 e. The van der Waals surface area contributed by atoms with Gasteiger partial charge in [-0.2, -0.15) is 4.98 Å². The van der Waals surface area contributed by atoms with Crippen LogP contribution in [0.1, 0.15) is 17.4 Å². The predicted octanol–water partition coefficient (Wildman–Crippen LogP) is 3.90. The van der Waals surface area contributed by atoms with E-state index in [1.807, 2.05) is 36.4 Å². The Morgan fingerprint density at radius 3 is 2.50 bits per heavy atom. The molecule has 3 heterocycles. The zero-order valence-electron chi connectivity index (χ0n) is 17.9. The molecule has 0 N–H and O–H groups in total. The Labute approximate surface area is 184 Å². The van der Waals surface area contributed by atoms with Gasteiger partial charge in [0.05, 0.1) is 52.1 Å². The maximum Gasteiger partial charge on any atom is 0.278 e. The molecule has 4 aromatic rings. The summed E-state index contributed by atoms with van der Waals surface area (Å²) in [7, 11) is 4.84. The Morgan fingerprint density at radius 2 is 1.75 bits per heavy atom. The Morgan fingerprint density at radius 1 is 0.969 bits per heavy atom. The van der Waals surface area contributed by atoms with Crippen molar-refractivity contribution in [2.24, 2.45) is 0 Å². The summed E-state index contributed by atoms with van der Waals surface area (Å²) in [5.41, 5.74) is 3.29. The monoisotopic (exact) mass is 434 g/mol. The lowest BCUT2D eigenvalue weighted by Gasteiger charge is -2.25. The van der Waals surface area contributed by atoms with Crippen LogP contribution in [0.3, 0.4) is 0 Å². The molecule has 9 heteroatoms. The van der Waals surface area contributed by atoms with Crippen molar-refractivity contribution in [3.63, 3.8) is 0 Å². The highest BCUT2D eigenvalue weighted by molar-refractivity contribution is 5.67. The van der Waals surface area contributed by atoms with Gasteiger partial charge in [-0.15, -0.1) is 0 Å². The number of hydrogen-bond donors (Lipinski definition) is 0. The lowest BCUT2D eigenvalue weighted by Crippen LogP contribution is -2.20. The smallest absolute Gasteiger partial charge is 0.278 e. The molecular weight excluding hydrogens is 412 g/mol. The molecule has 0 unspecified atom stereocenters. The van der Waals surface area contributed by atoms with E-state index < -0.39 is 0 Å². The first-order valence-corrected chi connectivity index (χ1v) is 10.1. The zero-order valence-corrected chi connectivity index (χ0v) is 17.9. The number of imidazole rings is 1. The summed E-state index contributed by atoms with van der Waals surface area (Å²) >= 11 is 0. The van der Waals surface area contributed by atoms with E-state index in [1.165, 1.54) is 0 Å². The van der Waals surface area contributed by atoms with Crippen molar-refractivity contribution >= 4 is 0 Å². The Kier molecular flexibility index (Phi) is 5.24. The second-order valence-electron chi connectivity index (χ2n) is 7.25. The maximum absolute atomic E-state index is 6.11. The van der Waals surface area contributed by atoms with Gasteiger partial charge in [-0.1, -0.05) is 17.3 Å². The molecule has 164 valence electrons. The third-order valence-corrected chi connectivity index (χ3v) is 5.50. The predicted molar refractivity (Wildman–Crippen MR) is 115 cm³/mol. The fourth-order valence-corrected chi connectivity index (χ4v) is 3.74. The van der Waals surface area contributed by atoms with Gasteiger partial charge < -0.3 is 28.0 Å². The van der Waals surface area contributed by atoms with E-state index >= 15 is 0 Å². The number of benzene rings is 2. The summed E-state index contributed by atoms with van der Waals surface area (Å²) in [6, 6.07) is 13.3. The van der Waals surface area contributed by atoms with Crippen molar-refractivity contribution in [2.75, 3.05) is 21.3 Å². The minimum absolute atomic E-state index is 0.0720. The molecule has 0 radical (unpaired) electrons. The van der Waals surface area contributed by atoms with Gasteiger partial charge in [-0.05, 0) is 29.8 Å². The molecule has 0 saturated heterocycles. The summed E-state index contributed by atoms with van der Waals surface area (Å²) in [6.07, 6.45) is 1.71. The number of fused-ring (bicyclic) bond motifs is 1. The molecule has 5 rings (SSSR count). The minimum atomic E-state index is -0.0720. The molecule has 0 fully saturated rings. The maximum atomic E-state index is 6.11. The van der Waals surface area contributed by atoms with Gasteiger partial charge in [0.15, 0.2) is 5.69 Å². The van der Waals surface area contributed by atoms with Crippen molar-refractivity contribution in [1.82, 2.24) is 19.7 Å². The number of methoxy groups -OCH3 is 3. The number of ether oxygens (including phenoxy) is 4. The fraction of sp³-hybridized carbons (Fsp3) is 0.261. The van der Waals surface area contributed by atoms with E-state index in [4.69, 9.17) is 23.5 Å². The lowest BCUT2D eigenvalue weighted by molar-refractivity contribution is 0.00328. The van der Waals surface area contributed by atoms with Crippen LogP contribution in [0.5, 0.6) is 17.2 Å². The lowest BCUT2D eigenvalue weighted by atomic mass is 10.1. The molecule has 32 heavy (non-hydrogen) atoms. The van der Waals surface area contributed by atoms with E-state index in [9.17, 15) is 0 Å². The SMILES string of the molecule is COc1ccc([C@@H]2Cn3cnc(-c4nc(-c5ccc(OC)cc5OC)no4)c3CO2)cc1. The van der Waals surface area contributed by atoms with Crippen molar-refractivity contribution in [3.8, 4) is 40.2 Å². The first-order chi connectivity index (χ1) is 15.7. The van der Waals surface area contributed by atoms with Crippen LogP contribution in [0, 0.1) is 0 Å². The zero-order chi connectivity index (χ0) is 22.1. The van der Waals surface area contributed by atoms with Gasteiger partial charge >= 0.3 is 0 Å². The average Bonchev–Trinajstić information content (AvgIpc) is 3.50. The molecule has 2 aromatic carbocycles. The van der Waals surface area contributed by atoms with Crippen LogP contribution in [-0.4, -0.2) is 41.0 Å². The first kappa shape index (κ1) is 20.1. The van der Waals surface area contributed by atoms with Gasteiger partial charge in [0.2, 0.25) is 5.82 Å². The Bertz CT molecular complexity index is 1230. The standard InChI is InChI=1S/C23H22N4O5/c1-28-15-6-4-14(5-7-15)20-11-27-13-24-21(18(27)12-31-20)23-25-22(26-32-23)17-9-8-16(29-2)10-19(17)30-3/h4-10,13,20H,11-12H2,1-3H3/t20-/m0/s1.